The van der Waals surface area contributed by atoms with E-state index in [4.69, 9.17) is 5.73 Å². The summed E-state index contributed by atoms with van der Waals surface area (Å²) < 4.78 is 2.09. The number of hydrogen-bond acceptors (Lipinski definition) is 1. The topological polar surface area (TPSA) is 30.9 Å². The molecule has 1 heterocycles. The smallest absolute Gasteiger partial charge is 0.0499 e. The molecule has 1 aromatic carbocycles. The average molecular weight is 186 g/mol. The lowest BCUT2D eigenvalue weighted by Crippen LogP contribution is -2.05. The number of rotatable bonds is 2. The van der Waals surface area contributed by atoms with Gasteiger partial charge in [0.2, 0.25) is 0 Å². The molecule has 1 atom stereocenters. The van der Waals surface area contributed by atoms with Gasteiger partial charge in [0.15, 0.2) is 0 Å². The Kier molecular flexibility index (Phi) is 2.14. The molecule has 2 rings (SSSR count). The molecule has 72 valence electrons. The van der Waals surface area contributed by atoms with E-state index in [-0.39, 0.29) is 6.04 Å². The Labute approximate surface area is 83.6 Å². The number of para-hydroxylation sites is 1. The highest BCUT2D eigenvalue weighted by atomic mass is 14.9. The van der Waals surface area contributed by atoms with Gasteiger partial charge in [0.25, 0.3) is 0 Å². The highest BCUT2D eigenvalue weighted by Crippen LogP contribution is 2.24. The van der Waals surface area contributed by atoms with Gasteiger partial charge in [-0.25, -0.2) is 0 Å². The van der Waals surface area contributed by atoms with Gasteiger partial charge < -0.3 is 10.3 Å². The maximum absolute atomic E-state index is 5.94. The molecule has 2 N–H and O–H groups in total. The second-order valence-electron chi connectivity index (χ2n) is 3.47. The number of fused-ring (bicyclic) bond motifs is 1. The van der Waals surface area contributed by atoms with Crippen LogP contribution in [0.15, 0.2) is 43.1 Å². The standard InChI is InChI=1S/C12H14N2/c1-3-11(13)10-8-14(2)12-7-5-4-6-9(10)12/h3-8,11H,1,13H2,2H3. The Morgan fingerprint density at radius 2 is 2.14 bits per heavy atom. The first kappa shape index (κ1) is 9.03. The van der Waals surface area contributed by atoms with Crippen LogP contribution in [0.5, 0.6) is 0 Å². The number of nitrogens with two attached hydrogens (primary N) is 1. The van der Waals surface area contributed by atoms with Crippen molar-refractivity contribution in [1.29, 1.82) is 0 Å². The van der Waals surface area contributed by atoms with Crippen LogP contribution >= 0.6 is 0 Å². The van der Waals surface area contributed by atoms with Crippen LogP contribution in [-0.2, 0) is 7.05 Å². The second kappa shape index (κ2) is 3.31. The van der Waals surface area contributed by atoms with Gasteiger partial charge in [-0.05, 0) is 11.6 Å². The van der Waals surface area contributed by atoms with Crippen molar-refractivity contribution in [1.82, 2.24) is 4.57 Å². The third-order valence-electron chi connectivity index (χ3n) is 2.54. The van der Waals surface area contributed by atoms with Crippen molar-refractivity contribution in [3.63, 3.8) is 0 Å². The van der Waals surface area contributed by atoms with Crippen molar-refractivity contribution in [3.8, 4) is 0 Å². The molecule has 0 fully saturated rings. The molecule has 0 amide bonds. The molecule has 2 nitrogen and oxygen atoms in total. The minimum Gasteiger partial charge on any atom is -0.350 e. The summed E-state index contributed by atoms with van der Waals surface area (Å²) in [6.07, 6.45) is 3.83. The summed E-state index contributed by atoms with van der Waals surface area (Å²) in [5.41, 5.74) is 8.29. The largest absolute Gasteiger partial charge is 0.350 e. The van der Waals surface area contributed by atoms with E-state index in [0.717, 1.165) is 5.56 Å². The SMILES string of the molecule is C=CC(N)c1cn(C)c2ccccc12. The molecule has 2 aromatic rings. The van der Waals surface area contributed by atoms with Crippen LogP contribution in [0.1, 0.15) is 11.6 Å². The average Bonchev–Trinajstić information content (AvgIpc) is 2.56. The van der Waals surface area contributed by atoms with Crippen molar-refractivity contribution in [2.24, 2.45) is 12.8 Å². The van der Waals surface area contributed by atoms with Crippen molar-refractivity contribution >= 4 is 10.9 Å². The first-order valence-corrected chi connectivity index (χ1v) is 4.66. The first-order chi connectivity index (χ1) is 6.74. The van der Waals surface area contributed by atoms with Gasteiger partial charge >= 0.3 is 0 Å². The molecule has 1 unspecified atom stereocenters. The third kappa shape index (κ3) is 1.24. The molecule has 0 bridgehead atoms. The third-order valence-corrected chi connectivity index (χ3v) is 2.54. The first-order valence-electron chi connectivity index (χ1n) is 4.66. The number of hydrogen-bond donors (Lipinski definition) is 1. The summed E-state index contributed by atoms with van der Waals surface area (Å²) in [4.78, 5) is 0. The van der Waals surface area contributed by atoms with Crippen LogP contribution < -0.4 is 5.73 Å². The zero-order valence-corrected chi connectivity index (χ0v) is 8.27. The monoisotopic (exact) mass is 186 g/mol. The highest BCUT2D eigenvalue weighted by molar-refractivity contribution is 5.84. The Hall–Kier alpha value is -1.54. The Morgan fingerprint density at radius 1 is 1.43 bits per heavy atom. The van der Waals surface area contributed by atoms with E-state index in [1.165, 1.54) is 10.9 Å². The van der Waals surface area contributed by atoms with E-state index in [1.807, 2.05) is 19.2 Å². The lowest BCUT2D eigenvalue weighted by Gasteiger charge is -2.02. The van der Waals surface area contributed by atoms with Gasteiger partial charge in [-0.1, -0.05) is 24.3 Å². The van der Waals surface area contributed by atoms with Crippen molar-refractivity contribution in [2.75, 3.05) is 0 Å². The van der Waals surface area contributed by atoms with Crippen molar-refractivity contribution in [2.45, 2.75) is 6.04 Å². The number of nitrogens with zero attached hydrogens (tertiary/aromatic N) is 1. The summed E-state index contributed by atoms with van der Waals surface area (Å²) in [7, 11) is 2.03. The number of aromatic nitrogens is 1. The fourth-order valence-corrected chi connectivity index (χ4v) is 1.77. The lowest BCUT2D eigenvalue weighted by atomic mass is 10.1. The summed E-state index contributed by atoms with van der Waals surface area (Å²) in [5.74, 6) is 0. The molecule has 0 saturated carbocycles. The van der Waals surface area contributed by atoms with E-state index >= 15 is 0 Å². The Balaban J connectivity index is 2.72. The maximum atomic E-state index is 5.94. The Morgan fingerprint density at radius 3 is 2.86 bits per heavy atom. The molecular weight excluding hydrogens is 172 g/mol. The van der Waals surface area contributed by atoms with Crippen LogP contribution in [0.25, 0.3) is 10.9 Å². The molecule has 1 aromatic heterocycles. The number of benzene rings is 1. The normalized spacial score (nSPS) is 13.0. The zero-order chi connectivity index (χ0) is 10.1. The van der Waals surface area contributed by atoms with Gasteiger partial charge in [0.1, 0.15) is 0 Å². The van der Waals surface area contributed by atoms with E-state index < -0.39 is 0 Å². The molecule has 0 aliphatic carbocycles. The van der Waals surface area contributed by atoms with Gasteiger partial charge in [-0.3, -0.25) is 0 Å². The lowest BCUT2D eigenvalue weighted by molar-refractivity contribution is 0.893. The molecule has 0 radical (unpaired) electrons. The Bertz CT molecular complexity index is 468. The molecular formula is C12H14N2. The van der Waals surface area contributed by atoms with E-state index in [1.54, 1.807) is 6.08 Å². The van der Waals surface area contributed by atoms with Gasteiger partial charge in [-0.2, -0.15) is 0 Å². The fourth-order valence-electron chi connectivity index (χ4n) is 1.77. The maximum Gasteiger partial charge on any atom is 0.0499 e. The molecule has 14 heavy (non-hydrogen) atoms. The second-order valence-corrected chi connectivity index (χ2v) is 3.47. The van der Waals surface area contributed by atoms with Crippen molar-refractivity contribution < 1.29 is 0 Å². The molecule has 0 aliphatic heterocycles. The quantitative estimate of drug-likeness (QED) is 0.717. The highest BCUT2D eigenvalue weighted by Gasteiger charge is 2.09. The fraction of sp³-hybridized carbons (Fsp3) is 0.167. The van der Waals surface area contributed by atoms with Gasteiger partial charge in [0.05, 0.1) is 0 Å². The van der Waals surface area contributed by atoms with E-state index in [0.29, 0.717) is 0 Å². The summed E-state index contributed by atoms with van der Waals surface area (Å²) in [5, 5.41) is 1.21. The predicted molar refractivity (Wildman–Crippen MR) is 60.0 cm³/mol. The minimum atomic E-state index is -0.0823. The molecule has 0 saturated heterocycles. The predicted octanol–water partition coefficient (Wildman–Crippen LogP) is 2.36. The van der Waals surface area contributed by atoms with Crippen LogP contribution in [0.4, 0.5) is 0 Å². The minimum absolute atomic E-state index is 0.0823. The van der Waals surface area contributed by atoms with Crippen LogP contribution in [0.2, 0.25) is 0 Å². The molecule has 2 heteroatoms. The summed E-state index contributed by atoms with van der Waals surface area (Å²) in [6, 6.07) is 8.16. The molecule has 0 spiro atoms. The van der Waals surface area contributed by atoms with Crippen LogP contribution in [-0.4, -0.2) is 4.57 Å². The zero-order valence-electron chi connectivity index (χ0n) is 8.27. The molecule has 0 aliphatic rings. The summed E-state index contributed by atoms with van der Waals surface area (Å²) >= 11 is 0. The summed E-state index contributed by atoms with van der Waals surface area (Å²) in [6.45, 7) is 3.72. The van der Waals surface area contributed by atoms with Crippen molar-refractivity contribution in [3.05, 3.63) is 48.7 Å². The van der Waals surface area contributed by atoms with Crippen LogP contribution in [0.3, 0.4) is 0 Å². The van der Waals surface area contributed by atoms with E-state index in [2.05, 4.69) is 29.5 Å². The van der Waals surface area contributed by atoms with E-state index in [9.17, 15) is 0 Å². The number of aryl methyl sites for hydroxylation is 1. The van der Waals surface area contributed by atoms with Gasteiger partial charge in [0, 0.05) is 30.2 Å². The van der Waals surface area contributed by atoms with Crippen LogP contribution in [0, 0.1) is 0 Å². The van der Waals surface area contributed by atoms with Gasteiger partial charge in [-0.15, -0.1) is 6.58 Å².